The third-order valence-corrected chi connectivity index (χ3v) is 3.24. The van der Waals surface area contributed by atoms with Crippen LogP contribution in [0.25, 0.3) is 0 Å². The van der Waals surface area contributed by atoms with Gasteiger partial charge in [0, 0.05) is 26.3 Å². The number of ether oxygens (including phenoxy) is 1. The van der Waals surface area contributed by atoms with Crippen molar-refractivity contribution in [3.05, 3.63) is 35.9 Å². The number of benzene rings is 1. The van der Waals surface area contributed by atoms with Crippen LogP contribution in [0, 0.1) is 0 Å². The van der Waals surface area contributed by atoms with Crippen molar-refractivity contribution in [2.75, 3.05) is 40.9 Å². The highest BCUT2D eigenvalue weighted by Crippen LogP contribution is 2.15. The van der Waals surface area contributed by atoms with Crippen molar-refractivity contribution in [1.29, 1.82) is 0 Å². The van der Waals surface area contributed by atoms with Gasteiger partial charge in [0.15, 0.2) is 0 Å². The van der Waals surface area contributed by atoms with Crippen molar-refractivity contribution < 1.29 is 4.74 Å². The Hall–Kier alpha value is -0.900. The van der Waals surface area contributed by atoms with Gasteiger partial charge in [0.25, 0.3) is 0 Å². The Bertz CT molecular complexity index is 303. The SMILES string of the molecule is CNC(CCN(C)CCCOC)c1ccccc1. The maximum Gasteiger partial charge on any atom is 0.0474 e. The summed E-state index contributed by atoms with van der Waals surface area (Å²) < 4.78 is 5.07. The molecule has 1 atom stereocenters. The molecule has 0 amide bonds. The van der Waals surface area contributed by atoms with Crippen LogP contribution >= 0.6 is 0 Å². The normalized spacial score (nSPS) is 12.9. The lowest BCUT2D eigenvalue weighted by molar-refractivity contribution is 0.178. The lowest BCUT2D eigenvalue weighted by Crippen LogP contribution is -2.26. The van der Waals surface area contributed by atoms with Crippen LogP contribution < -0.4 is 5.32 Å². The van der Waals surface area contributed by atoms with Crippen molar-refractivity contribution in [2.45, 2.75) is 18.9 Å². The van der Waals surface area contributed by atoms with Crippen molar-refractivity contribution >= 4 is 0 Å². The molecule has 0 saturated carbocycles. The van der Waals surface area contributed by atoms with Gasteiger partial charge in [-0.3, -0.25) is 0 Å². The van der Waals surface area contributed by atoms with Crippen LogP contribution in [0.2, 0.25) is 0 Å². The average molecular weight is 250 g/mol. The highest BCUT2D eigenvalue weighted by molar-refractivity contribution is 5.18. The fraction of sp³-hybridized carbons (Fsp3) is 0.600. The predicted molar refractivity (Wildman–Crippen MR) is 76.8 cm³/mol. The summed E-state index contributed by atoms with van der Waals surface area (Å²) >= 11 is 0. The first-order valence-corrected chi connectivity index (χ1v) is 6.67. The molecule has 0 aliphatic heterocycles. The summed E-state index contributed by atoms with van der Waals surface area (Å²) in [5.41, 5.74) is 1.37. The Morgan fingerprint density at radius 1 is 1.22 bits per heavy atom. The number of nitrogens with one attached hydrogen (secondary N) is 1. The van der Waals surface area contributed by atoms with Crippen LogP contribution in [0.3, 0.4) is 0 Å². The first kappa shape index (κ1) is 15.2. The number of methoxy groups -OCH3 is 1. The van der Waals surface area contributed by atoms with Gasteiger partial charge in [-0.2, -0.15) is 0 Å². The number of hydrogen-bond acceptors (Lipinski definition) is 3. The Labute approximate surface area is 111 Å². The van der Waals surface area contributed by atoms with Crippen molar-refractivity contribution in [3.8, 4) is 0 Å². The first-order chi connectivity index (χ1) is 8.77. The van der Waals surface area contributed by atoms with Crippen LogP contribution in [0.15, 0.2) is 30.3 Å². The monoisotopic (exact) mass is 250 g/mol. The summed E-state index contributed by atoms with van der Waals surface area (Å²) in [5, 5.41) is 3.39. The van der Waals surface area contributed by atoms with Crippen LogP contribution in [0.4, 0.5) is 0 Å². The number of hydrogen-bond donors (Lipinski definition) is 1. The van der Waals surface area contributed by atoms with Gasteiger partial charge < -0.3 is 15.0 Å². The number of rotatable bonds is 9. The van der Waals surface area contributed by atoms with E-state index in [4.69, 9.17) is 4.74 Å². The molecule has 1 aromatic carbocycles. The zero-order valence-electron chi connectivity index (χ0n) is 11.9. The summed E-state index contributed by atoms with van der Waals surface area (Å²) in [6, 6.07) is 11.1. The molecule has 0 aliphatic carbocycles. The minimum atomic E-state index is 0.441. The van der Waals surface area contributed by atoms with Crippen molar-refractivity contribution in [2.24, 2.45) is 0 Å². The fourth-order valence-corrected chi connectivity index (χ4v) is 2.10. The van der Waals surface area contributed by atoms with Gasteiger partial charge in [0.1, 0.15) is 0 Å². The lowest BCUT2D eigenvalue weighted by Gasteiger charge is -2.21. The molecule has 1 aromatic rings. The third kappa shape index (κ3) is 5.63. The van der Waals surface area contributed by atoms with E-state index < -0.39 is 0 Å². The highest BCUT2D eigenvalue weighted by Gasteiger charge is 2.09. The van der Waals surface area contributed by atoms with Crippen LogP contribution in [0.1, 0.15) is 24.4 Å². The molecule has 0 aliphatic rings. The standard InChI is InChI=1S/C15H26N2O/c1-16-15(14-8-5-4-6-9-14)10-12-17(2)11-7-13-18-3/h4-6,8-9,15-16H,7,10-13H2,1-3H3. The maximum absolute atomic E-state index is 5.07. The van der Waals surface area contributed by atoms with E-state index in [0.29, 0.717) is 6.04 Å². The smallest absolute Gasteiger partial charge is 0.0474 e. The van der Waals surface area contributed by atoms with Crippen molar-refractivity contribution in [3.63, 3.8) is 0 Å². The van der Waals surface area contributed by atoms with E-state index >= 15 is 0 Å². The summed E-state index contributed by atoms with van der Waals surface area (Å²) in [5.74, 6) is 0. The molecule has 3 heteroatoms. The summed E-state index contributed by atoms with van der Waals surface area (Å²) in [6.07, 6.45) is 2.23. The Kier molecular flexibility index (Phi) is 7.65. The Balaban J connectivity index is 2.31. The van der Waals surface area contributed by atoms with Crippen molar-refractivity contribution in [1.82, 2.24) is 10.2 Å². The van der Waals surface area contributed by atoms with Gasteiger partial charge in [0.05, 0.1) is 0 Å². The van der Waals surface area contributed by atoms with Gasteiger partial charge in [-0.05, 0) is 39.0 Å². The van der Waals surface area contributed by atoms with E-state index in [-0.39, 0.29) is 0 Å². The van der Waals surface area contributed by atoms with E-state index in [1.54, 1.807) is 7.11 Å². The van der Waals surface area contributed by atoms with E-state index in [0.717, 1.165) is 32.5 Å². The molecule has 0 heterocycles. The molecular weight excluding hydrogens is 224 g/mol. The summed E-state index contributed by atoms with van der Waals surface area (Å²) in [7, 11) is 5.96. The second kappa shape index (κ2) is 9.09. The topological polar surface area (TPSA) is 24.5 Å². The quantitative estimate of drug-likeness (QED) is 0.681. The van der Waals surface area contributed by atoms with Gasteiger partial charge in [-0.15, -0.1) is 0 Å². The Morgan fingerprint density at radius 3 is 2.56 bits per heavy atom. The van der Waals surface area contributed by atoms with Gasteiger partial charge in [0.2, 0.25) is 0 Å². The molecule has 1 unspecified atom stereocenters. The zero-order chi connectivity index (χ0) is 13.2. The predicted octanol–water partition coefficient (Wildman–Crippen LogP) is 2.31. The van der Waals surface area contributed by atoms with Gasteiger partial charge in [-0.25, -0.2) is 0 Å². The van der Waals surface area contributed by atoms with Crippen LogP contribution in [-0.4, -0.2) is 45.8 Å². The van der Waals surface area contributed by atoms with Gasteiger partial charge >= 0.3 is 0 Å². The minimum Gasteiger partial charge on any atom is -0.385 e. The number of nitrogens with zero attached hydrogens (tertiary/aromatic N) is 1. The molecule has 0 radical (unpaired) electrons. The van der Waals surface area contributed by atoms with E-state index in [1.165, 1.54) is 5.56 Å². The first-order valence-electron chi connectivity index (χ1n) is 6.67. The largest absolute Gasteiger partial charge is 0.385 e. The molecule has 3 nitrogen and oxygen atoms in total. The van der Waals surface area contributed by atoms with Crippen LogP contribution in [-0.2, 0) is 4.74 Å². The lowest BCUT2D eigenvalue weighted by atomic mass is 10.0. The Morgan fingerprint density at radius 2 is 1.94 bits per heavy atom. The molecule has 0 aromatic heterocycles. The molecule has 0 fully saturated rings. The molecule has 18 heavy (non-hydrogen) atoms. The van der Waals surface area contributed by atoms with Gasteiger partial charge in [-0.1, -0.05) is 30.3 Å². The van der Waals surface area contributed by atoms with E-state index in [1.807, 2.05) is 7.05 Å². The fourth-order valence-electron chi connectivity index (χ4n) is 2.10. The molecule has 0 bridgehead atoms. The maximum atomic E-state index is 5.07. The molecule has 0 saturated heterocycles. The summed E-state index contributed by atoms with van der Waals surface area (Å²) in [4.78, 5) is 2.37. The highest BCUT2D eigenvalue weighted by atomic mass is 16.5. The second-order valence-electron chi connectivity index (χ2n) is 4.69. The molecular formula is C15H26N2O. The molecule has 0 spiro atoms. The van der Waals surface area contributed by atoms with Crippen LogP contribution in [0.5, 0.6) is 0 Å². The van der Waals surface area contributed by atoms with E-state index in [2.05, 4.69) is 47.6 Å². The zero-order valence-corrected chi connectivity index (χ0v) is 11.9. The molecule has 102 valence electrons. The third-order valence-electron chi connectivity index (χ3n) is 3.24. The average Bonchev–Trinajstić information content (AvgIpc) is 2.41. The second-order valence-corrected chi connectivity index (χ2v) is 4.69. The molecule has 1 N–H and O–H groups in total. The molecule has 1 rings (SSSR count). The summed E-state index contributed by atoms with van der Waals surface area (Å²) in [6.45, 7) is 3.04. The minimum absolute atomic E-state index is 0.441. The van der Waals surface area contributed by atoms with E-state index in [9.17, 15) is 0 Å².